The van der Waals surface area contributed by atoms with Gasteiger partial charge in [0.2, 0.25) is 5.91 Å². The third-order valence-corrected chi connectivity index (χ3v) is 5.20. The number of carbonyl (C=O) groups is 1. The number of amides is 1. The zero-order valence-corrected chi connectivity index (χ0v) is 15.0. The molecule has 1 aliphatic rings. The summed E-state index contributed by atoms with van der Waals surface area (Å²) in [6, 6.07) is 18.6. The quantitative estimate of drug-likeness (QED) is 0.724. The van der Waals surface area contributed by atoms with Gasteiger partial charge in [0.1, 0.15) is 0 Å². The summed E-state index contributed by atoms with van der Waals surface area (Å²) in [6.07, 6.45) is 6.49. The van der Waals surface area contributed by atoms with E-state index >= 15 is 0 Å². The lowest BCUT2D eigenvalue weighted by molar-refractivity contribution is -0.135. The van der Waals surface area contributed by atoms with E-state index in [1.165, 1.54) is 11.1 Å². The van der Waals surface area contributed by atoms with E-state index in [1.807, 2.05) is 41.0 Å². The van der Waals surface area contributed by atoms with E-state index in [4.69, 9.17) is 0 Å². The van der Waals surface area contributed by atoms with Crippen molar-refractivity contribution in [3.63, 3.8) is 0 Å². The summed E-state index contributed by atoms with van der Waals surface area (Å²) in [6.45, 7) is 0.635. The Balaban J connectivity index is 1.40. The van der Waals surface area contributed by atoms with Crippen LogP contribution in [0.15, 0.2) is 67.0 Å². The van der Waals surface area contributed by atoms with Crippen LogP contribution in [0.2, 0.25) is 0 Å². The van der Waals surface area contributed by atoms with Crippen molar-refractivity contribution in [2.75, 3.05) is 7.05 Å². The third-order valence-electron chi connectivity index (χ3n) is 5.20. The average molecular weight is 345 g/mol. The first-order valence-electron chi connectivity index (χ1n) is 9.11. The van der Waals surface area contributed by atoms with E-state index < -0.39 is 0 Å². The minimum absolute atomic E-state index is 0.0956. The molecule has 1 unspecified atom stereocenters. The van der Waals surface area contributed by atoms with Crippen LogP contribution in [0, 0.1) is 5.92 Å². The Morgan fingerprint density at radius 1 is 1.12 bits per heavy atom. The molecule has 4 rings (SSSR count). The van der Waals surface area contributed by atoms with Crippen LogP contribution in [-0.4, -0.2) is 27.6 Å². The molecule has 0 fully saturated rings. The molecule has 0 spiro atoms. The van der Waals surface area contributed by atoms with Gasteiger partial charge in [0.05, 0.1) is 5.69 Å². The van der Waals surface area contributed by atoms with Crippen LogP contribution in [0.1, 0.15) is 23.1 Å². The summed E-state index contributed by atoms with van der Waals surface area (Å²) in [4.78, 5) is 14.7. The molecule has 0 saturated carbocycles. The first-order chi connectivity index (χ1) is 12.7. The van der Waals surface area contributed by atoms with E-state index in [2.05, 4.69) is 41.5 Å². The van der Waals surface area contributed by atoms with Gasteiger partial charge in [-0.2, -0.15) is 5.10 Å². The van der Waals surface area contributed by atoms with Crippen molar-refractivity contribution in [3.8, 4) is 5.69 Å². The molecule has 0 N–H and O–H groups in total. The molecule has 132 valence electrons. The lowest BCUT2D eigenvalue weighted by Crippen LogP contribution is -2.35. The van der Waals surface area contributed by atoms with E-state index in [1.54, 1.807) is 6.20 Å². The zero-order chi connectivity index (χ0) is 17.9. The van der Waals surface area contributed by atoms with Crippen LogP contribution in [0.4, 0.5) is 0 Å². The maximum Gasteiger partial charge on any atom is 0.226 e. The molecular formula is C22H23N3O. The molecule has 0 bridgehead atoms. The van der Waals surface area contributed by atoms with Crippen LogP contribution in [-0.2, 0) is 24.2 Å². The molecule has 3 aromatic rings. The number of aromatic nitrogens is 2. The van der Waals surface area contributed by atoms with Gasteiger partial charge in [0.25, 0.3) is 0 Å². The van der Waals surface area contributed by atoms with Gasteiger partial charge in [-0.1, -0.05) is 36.4 Å². The summed E-state index contributed by atoms with van der Waals surface area (Å²) in [5.41, 5.74) is 4.88. The SMILES string of the molecule is CN(Cc1ccc(-n2cccn2)cc1)C(=O)C1CCc2ccccc2C1. The Labute approximate surface area is 154 Å². The number of nitrogens with zero attached hydrogens (tertiary/aromatic N) is 3. The number of aryl methyl sites for hydroxylation is 1. The molecule has 1 heterocycles. The number of fused-ring (bicyclic) bond motifs is 1. The van der Waals surface area contributed by atoms with Crippen LogP contribution in [0.5, 0.6) is 0 Å². The molecule has 1 atom stereocenters. The minimum atomic E-state index is 0.0956. The molecule has 1 aliphatic carbocycles. The predicted octanol–water partition coefficient (Wildman–Crippen LogP) is 3.64. The van der Waals surface area contributed by atoms with Gasteiger partial charge in [-0.15, -0.1) is 0 Å². The zero-order valence-electron chi connectivity index (χ0n) is 15.0. The van der Waals surface area contributed by atoms with Crippen LogP contribution in [0.25, 0.3) is 5.69 Å². The second-order valence-electron chi connectivity index (χ2n) is 7.02. The van der Waals surface area contributed by atoms with Crippen molar-refractivity contribution in [2.24, 2.45) is 5.92 Å². The Morgan fingerprint density at radius 3 is 2.62 bits per heavy atom. The lowest BCUT2D eigenvalue weighted by Gasteiger charge is -2.28. The first-order valence-corrected chi connectivity index (χ1v) is 9.11. The van der Waals surface area contributed by atoms with Crippen molar-refractivity contribution in [1.29, 1.82) is 0 Å². The summed E-state index contributed by atoms with van der Waals surface area (Å²) >= 11 is 0. The topological polar surface area (TPSA) is 38.1 Å². The fourth-order valence-corrected chi connectivity index (χ4v) is 3.75. The molecule has 0 saturated heterocycles. The van der Waals surface area contributed by atoms with Crippen molar-refractivity contribution in [3.05, 3.63) is 83.7 Å². The third kappa shape index (κ3) is 3.40. The van der Waals surface area contributed by atoms with Crippen molar-refractivity contribution < 1.29 is 4.79 Å². The molecular weight excluding hydrogens is 322 g/mol. The van der Waals surface area contributed by atoms with Gasteiger partial charge in [-0.05, 0) is 54.2 Å². The lowest BCUT2D eigenvalue weighted by atomic mass is 9.83. The highest BCUT2D eigenvalue weighted by atomic mass is 16.2. The maximum atomic E-state index is 12.9. The summed E-state index contributed by atoms with van der Waals surface area (Å²) < 4.78 is 1.83. The van der Waals surface area contributed by atoms with Crippen molar-refractivity contribution >= 4 is 5.91 Å². The average Bonchev–Trinajstić information content (AvgIpc) is 3.22. The highest BCUT2D eigenvalue weighted by molar-refractivity contribution is 5.79. The number of hydrogen-bond donors (Lipinski definition) is 0. The Bertz CT molecular complexity index is 884. The highest BCUT2D eigenvalue weighted by Gasteiger charge is 2.26. The molecule has 0 aliphatic heterocycles. The smallest absolute Gasteiger partial charge is 0.226 e. The van der Waals surface area contributed by atoms with Crippen LogP contribution in [0.3, 0.4) is 0 Å². The Hall–Kier alpha value is -2.88. The summed E-state index contributed by atoms with van der Waals surface area (Å²) in [7, 11) is 1.91. The minimum Gasteiger partial charge on any atom is -0.341 e. The van der Waals surface area contributed by atoms with Crippen molar-refractivity contribution in [2.45, 2.75) is 25.8 Å². The Kier molecular flexibility index (Phi) is 4.57. The fraction of sp³-hybridized carbons (Fsp3) is 0.273. The van der Waals surface area contributed by atoms with Gasteiger partial charge in [-0.3, -0.25) is 4.79 Å². The van der Waals surface area contributed by atoms with Crippen molar-refractivity contribution in [1.82, 2.24) is 14.7 Å². The number of carbonyl (C=O) groups excluding carboxylic acids is 1. The number of rotatable bonds is 4. The van der Waals surface area contributed by atoms with E-state index in [-0.39, 0.29) is 11.8 Å². The van der Waals surface area contributed by atoms with E-state index in [0.29, 0.717) is 6.54 Å². The van der Waals surface area contributed by atoms with Gasteiger partial charge >= 0.3 is 0 Å². The number of benzene rings is 2. The van der Waals surface area contributed by atoms with E-state index in [9.17, 15) is 4.79 Å². The van der Waals surface area contributed by atoms with Crippen LogP contribution < -0.4 is 0 Å². The fourth-order valence-electron chi connectivity index (χ4n) is 3.75. The predicted molar refractivity (Wildman–Crippen MR) is 102 cm³/mol. The summed E-state index contributed by atoms with van der Waals surface area (Å²) in [5, 5.41) is 4.24. The van der Waals surface area contributed by atoms with Gasteiger partial charge in [0, 0.05) is 31.9 Å². The molecule has 4 nitrogen and oxygen atoms in total. The first kappa shape index (κ1) is 16.6. The van der Waals surface area contributed by atoms with Gasteiger partial charge < -0.3 is 4.90 Å². The highest BCUT2D eigenvalue weighted by Crippen LogP contribution is 2.27. The molecule has 26 heavy (non-hydrogen) atoms. The molecule has 2 aromatic carbocycles. The number of hydrogen-bond acceptors (Lipinski definition) is 2. The molecule has 4 heteroatoms. The second kappa shape index (κ2) is 7.16. The van der Waals surface area contributed by atoms with Crippen LogP contribution >= 0.6 is 0 Å². The molecule has 1 aromatic heterocycles. The van der Waals surface area contributed by atoms with E-state index in [0.717, 1.165) is 30.5 Å². The largest absolute Gasteiger partial charge is 0.341 e. The normalized spacial score (nSPS) is 16.1. The maximum absolute atomic E-state index is 12.9. The monoisotopic (exact) mass is 345 g/mol. The standard InChI is InChI=1S/C22H23N3O/c1-24(16-17-7-11-21(12-8-17)25-14-4-13-23-25)22(26)20-10-9-18-5-2-3-6-19(18)15-20/h2-8,11-14,20H,9-10,15-16H2,1H3. The Morgan fingerprint density at radius 2 is 1.88 bits per heavy atom. The summed E-state index contributed by atoms with van der Waals surface area (Å²) in [5.74, 6) is 0.342. The van der Waals surface area contributed by atoms with Gasteiger partial charge in [0.15, 0.2) is 0 Å². The second-order valence-corrected chi connectivity index (χ2v) is 7.02. The molecule has 0 radical (unpaired) electrons. The van der Waals surface area contributed by atoms with Gasteiger partial charge in [-0.25, -0.2) is 4.68 Å². The molecule has 1 amide bonds.